The predicted molar refractivity (Wildman–Crippen MR) is 84.0 cm³/mol. The molecule has 0 aliphatic carbocycles. The zero-order chi connectivity index (χ0) is 14.8. The molecule has 1 rings (SSSR count). The van der Waals surface area contributed by atoms with Gasteiger partial charge in [-0.05, 0) is 25.0 Å². The van der Waals surface area contributed by atoms with Crippen LogP contribution in [0.3, 0.4) is 0 Å². The monoisotopic (exact) mass is 299 g/mol. The van der Waals surface area contributed by atoms with Gasteiger partial charge in [-0.2, -0.15) is 0 Å². The standard InChI is InChI=1S/C15H26NO3P/c1-4-13(5-2)11-18-15(17)12(3)16-20-19-14-9-7-6-8-10-14/h6-10,12-13,15-17,20H,4-5,11H2,1-3H3/t12-,15-/m0/s1. The average Bonchev–Trinajstić information content (AvgIpc) is 2.49. The molecule has 0 amide bonds. The van der Waals surface area contributed by atoms with Gasteiger partial charge in [0.05, 0.1) is 12.6 Å². The third-order valence-corrected chi connectivity index (χ3v) is 4.19. The second-order valence-corrected chi connectivity index (χ2v) is 5.55. The molecule has 114 valence electrons. The molecule has 0 bridgehead atoms. The normalized spacial score (nSPS) is 14.8. The van der Waals surface area contributed by atoms with Crippen molar-refractivity contribution >= 4 is 8.96 Å². The van der Waals surface area contributed by atoms with E-state index in [-0.39, 0.29) is 15.0 Å². The van der Waals surface area contributed by atoms with Gasteiger partial charge in [-0.1, -0.05) is 44.9 Å². The Balaban J connectivity index is 2.19. The number of hydrogen-bond donors (Lipinski definition) is 2. The first-order valence-corrected chi connectivity index (χ1v) is 8.10. The summed E-state index contributed by atoms with van der Waals surface area (Å²) in [6, 6.07) is 9.44. The highest BCUT2D eigenvalue weighted by Gasteiger charge is 2.16. The molecule has 0 saturated carbocycles. The first-order chi connectivity index (χ1) is 9.67. The SMILES string of the molecule is CCC(CC)CO[C@H](O)[C@H](C)NPOc1ccccc1. The summed E-state index contributed by atoms with van der Waals surface area (Å²) in [7, 11) is 0.0923. The van der Waals surface area contributed by atoms with Crippen LogP contribution in [0.4, 0.5) is 0 Å². The third kappa shape index (κ3) is 6.67. The Hall–Kier alpha value is -0.670. The zero-order valence-corrected chi connectivity index (χ0v) is 13.5. The molecule has 0 aliphatic rings. The van der Waals surface area contributed by atoms with E-state index in [9.17, 15) is 5.11 Å². The van der Waals surface area contributed by atoms with Crippen LogP contribution in [-0.4, -0.2) is 24.0 Å². The third-order valence-electron chi connectivity index (χ3n) is 3.28. The molecule has 1 aromatic carbocycles. The summed E-state index contributed by atoms with van der Waals surface area (Å²) in [5.41, 5.74) is 0. The summed E-state index contributed by atoms with van der Waals surface area (Å²) in [5, 5.41) is 13.0. The number of aliphatic hydroxyl groups excluding tert-OH is 1. The Bertz CT molecular complexity index is 346. The van der Waals surface area contributed by atoms with Crippen LogP contribution in [-0.2, 0) is 4.74 Å². The van der Waals surface area contributed by atoms with E-state index in [1.54, 1.807) is 0 Å². The van der Waals surface area contributed by atoms with Crippen molar-refractivity contribution in [3.8, 4) is 5.75 Å². The van der Waals surface area contributed by atoms with E-state index < -0.39 is 6.29 Å². The Morgan fingerprint density at radius 2 is 1.85 bits per heavy atom. The number of nitrogens with one attached hydrogen (secondary N) is 1. The molecule has 0 heterocycles. The molecular formula is C15H26NO3P. The summed E-state index contributed by atoms with van der Waals surface area (Å²) in [4.78, 5) is 0. The Morgan fingerprint density at radius 3 is 2.45 bits per heavy atom. The van der Waals surface area contributed by atoms with Gasteiger partial charge in [0, 0.05) is 0 Å². The fourth-order valence-electron chi connectivity index (χ4n) is 1.64. The summed E-state index contributed by atoms with van der Waals surface area (Å²) >= 11 is 0. The molecule has 0 aliphatic heterocycles. The number of ether oxygens (including phenoxy) is 1. The number of para-hydroxylation sites is 1. The largest absolute Gasteiger partial charge is 0.461 e. The predicted octanol–water partition coefficient (Wildman–Crippen LogP) is 3.32. The molecule has 1 unspecified atom stereocenters. The summed E-state index contributed by atoms with van der Waals surface area (Å²) in [5.74, 6) is 1.33. The summed E-state index contributed by atoms with van der Waals surface area (Å²) in [6.07, 6.45) is 1.34. The fourth-order valence-corrected chi connectivity index (χ4v) is 2.29. The highest BCUT2D eigenvalue weighted by Crippen LogP contribution is 2.18. The molecule has 20 heavy (non-hydrogen) atoms. The first-order valence-electron chi connectivity index (χ1n) is 7.19. The Morgan fingerprint density at radius 1 is 1.20 bits per heavy atom. The van der Waals surface area contributed by atoms with Crippen LogP contribution >= 0.6 is 8.96 Å². The van der Waals surface area contributed by atoms with Crippen molar-refractivity contribution in [2.75, 3.05) is 6.61 Å². The van der Waals surface area contributed by atoms with Gasteiger partial charge in [-0.3, -0.25) is 5.09 Å². The van der Waals surface area contributed by atoms with Crippen molar-refractivity contribution in [1.82, 2.24) is 5.09 Å². The van der Waals surface area contributed by atoms with Crippen LogP contribution < -0.4 is 9.61 Å². The number of hydrogen-bond acceptors (Lipinski definition) is 4. The van der Waals surface area contributed by atoms with Gasteiger partial charge in [-0.25, -0.2) is 0 Å². The van der Waals surface area contributed by atoms with Gasteiger partial charge in [0.1, 0.15) is 14.7 Å². The highest BCUT2D eigenvalue weighted by atomic mass is 31.1. The van der Waals surface area contributed by atoms with Crippen molar-refractivity contribution in [1.29, 1.82) is 0 Å². The molecule has 0 spiro atoms. The van der Waals surface area contributed by atoms with Crippen molar-refractivity contribution in [2.45, 2.75) is 45.9 Å². The van der Waals surface area contributed by atoms with Gasteiger partial charge in [0.15, 0.2) is 6.29 Å². The zero-order valence-electron chi connectivity index (χ0n) is 12.5. The quantitative estimate of drug-likeness (QED) is 0.514. The van der Waals surface area contributed by atoms with E-state index in [2.05, 4.69) is 18.9 Å². The number of aliphatic hydroxyl groups is 1. The first kappa shape index (κ1) is 17.4. The van der Waals surface area contributed by atoms with Gasteiger partial charge in [0.25, 0.3) is 0 Å². The van der Waals surface area contributed by atoms with Gasteiger partial charge in [0.2, 0.25) is 0 Å². The van der Waals surface area contributed by atoms with E-state index in [1.807, 2.05) is 37.3 Å². The van der Waals surface area contributed by atoms with E-state index in [1.165, 1.54) is 0 Å². The summed E-state index contributed by atoms with van der Waals surface area (Å²) < 4.78 is 11.0. The van der Waals surface area contributed by atoms with Gasteiger partial charge >= 0.3 is 0 Å². The van der Waals surface area contributed by atoms with Gasteiger partial charge < -0.3 is 14.4 Å². The molecule has 5 heteroatoms. The minimum atomic E-state index is -0.803. The van der Waals surface area contributed by atoms with Crippen LogP contribution in [0.2, 0.25) is 0 Å². The lowest BCUT2D eigenvalue weighted by Crippen LogP contribution is -2.36. The number of benzene rings is 1. The molecule has 0 radical (unpaired) electrons. The number of rotatable bonds is 10. The Labute approximate surface area is 123 Å². The summed E-state index contributed by atoms with van der Waals surface area (Å²) in [6.45, 7) is 6.77. The lowest BCUT2D eigenvalue weighted by atomic mass is 10.1. The van der Waals surface area contributed by atoms with Gasteiger partial charge in [-0.15, -0.1) is 0 Å². The van der Waals surface area contributed by atoms with Crippen LogP contribution in [0.1, 0.15) is 33.6 Å². The second kappa shape index (κ2) is 10.1. The lowest BCUT2D eigenvalue weighted by molar-refractivity contribution is -0.123. The fraction of sp³-hybridized carbons (Fsp3) is 0.600. The van der Waals surface area contributed by atoms with Crippen LogP contribution in [0, 0.1) is 5.92 Å². The molecule has 0 fully saturated rings. The van der Waals surface area contributed by atoms with E-state index >= 15 is 0 Å². The van der Waals surface area contributed by atoms with Crippen LogP contribution in [0.25, 0.3) is 0 Å². The Kier molecular flexibility index (Phi) is 8.79. The molecule has 1 aromatic rings. The molecule has 0 saturated heterocycles. The second-order valence-electron chi connectivity index (χ2n) is 4.86. The maximum Gasteiger partial charge on any atom is 0.170 e. The smallest absolute Gasteiger partial charge is 0.170 e. The molecule has 4 nitrogen and oxygen atoms in total. The molecule has 0 aromatic heterocycles. The van der Waals surface area contributed by atoms with E-state index in [0.29, 0.717) is 12.5 Å². The molecule has 3 atom stereocenters. The van der Waals surface area contributed by atoms with Crippen LogP contribution in [0.5, 0.6) is 5.75 Å². The topological polar surface area (TPSA) is 50.7 Å². The van der Waals surface area contributed by atoms with E-state index in [4.69, 9.17) is 9.26 Å². The molecular weight excluding hydrogens is 273 g/mol. The highest BCUT2D eigenvalue weighted by molar-refractivity contribution is 7.30. The van der Waals surface area contributed by atoms with Crippen molar-refractivity contribution in [3.63, 3.8) is 0 Å². The minimum absolute atomic E-state index is 0.0923. The van der Waals surface area contributed by atoms with Crippen LogP contribution in [0.15, 0.2) is 30.3 Å². The van der Waals surface area contributed by atoms with E-state index in [0.717, 1.165) is 18.6 Å². The minimum Gasteiger partial charge on any atom is -0.461 e. The van der Waals surface area contributed by atoms with Crippen molar-refractivity contribution in [2.24, 2.45) is 5.92 Å². The van der Waals surface area contributed by atoms with Crippen molar-refractivity contribution < 1.29 is 14.4 Å². The average molecular weight is 299 g/mol. The molecule has 2 N–H and O–H groups in total. The lowest BCUT2D eigenvalue weighted by Gasteiger charge is -2.22. The maximum atomic E-state index is 9.92. The van der Waals surface area contributed by atoms with Crippen molar-refractivity contribution in [3.05, 3.63) is 30.3 Å². The maximum absolute atomic E-state index is 9.92.